The lowest BCUT2D eigenvalue weighted by atomic mass is 9.98. The molecule has 0 aromatic carbocycles. The maximum Gasteiger partial charge on any atom is 0.127 e. The lowest BCUT2D eigenvalue weighted by Crippen LogP contribution is -2.25. The summed E-state index contributed by atoms with van der Waals surface area (Å²) in [6.07, 6.45) is 7.11. The first-order valence-corrected chi connectivity index (χ1v) is 6.71. The van der Waals surface area contributed by atoms with Gasteiger partial charge in [-0.15, -0.1) is 0 Å². The van der Waals surface area contributed by atoms with Crippen molar-refractivity contribution in [2.24, 2.45) is 5.92 Å². The first-order valence-electron chi connectivity index (χ1n) is 6.71. The topological polar surface area (TPSA) is 42.2 Å². The van der Waals surface area contributed by atoms with Gasteiger partial charge in [-0.05, 0) is 44.3 Å². The zero-order valence-electron chi connectivity index (χ0n) is 10.7. The third kappa shape index (κ3) is 3.43. The number of nitrogens with zero attached hydrogens (tertiary/aromatic N) is 2. The molecule has 2 rings (SSSR count). The molecule has 1 unspecified atom stereocenters. The summed E-state index contributed by atoms with van der Waals surface area (Å²) in [5, 5.41) is 0. The van der Waals surface area contributed by atoms with E-state index < -0.39 is 0 Å². The van der Waals surface area contributed by atoms with Crippen molar-refractivity contribution in [1.29, 1.82) is 0 Å². The first-order chi connectivity index (χ1) is 8.29. The summed E-state index contributed by atoms with van der Waals surface area (Å²) in [6, 6.07) is 4.06. The number of likely N-dealkylation sites (tertiary alicyclic amines) is 1. The Morgan fingerprint density at radius 1 is 1.41 bits per heavy atom. The molecule has 0 radical (unpaired) electrons. The highest BCUT2D eigenvalue weighted by atomic mass is 15.1. The third-order valence-corrected chi connectivity index (χ3v) is 3.84. The first kappa shape index (κ1) is 12.4. The second-order valence-corrected chi connectivity index (χ2v) is 5.03. The number of aromatic nitrogens is 1. The van der Waals surface area contributed by atoms with Gasteiger partial charge >= 0.3 is 0 Å². The summed E-state index contributed by atoms with van der Waals surface area (Å²) in [5.74, 6) is 1.61. The maximum atomic E-state index is 5.89. The van der Waals surface area contributed by atoms with Crippen LogP contribution in [-0.2, 0) is 6.54 Å². The molecule has 1 aromatic heterocycles. The number of hydrogen-bond donors (Lipinski definition) is 1. The minimum atomic E-state index is 0.684. The summed E-state index contributed by atoms with van der Waals surface area (Å²) in [6.45, 7) is 5.66. The van der Waals surface area contributed by atoms with Gasteiger partial charge in [0.15, 0.2) is 0 Å². The molecule has 2 heterocycles. The monoisotopic (exact) mass is 233 g/mol. The quantitative estimate of drug-likeness (QED) is 0.872. The molecule has 17 heavy (non-hydrogen) atoms. The molecule has 0 amide bonds. The lowest BCUT2D eigenvalue weighted by molar-refractivity contribution is 0.272. The van der Waals surface area contributed by atoms with Gasteiger partial charge in [-0.3, -0.25) is 4.90 Å². The van der Waals surface area contributed by atoms with Crippen LogP contribution in [0.2, 0.25) is 0 Å². The number of anilines is 1. The SMILES string of the molecule is CCC1CCCN(Cc2cccnc2N)CC1. The predicted molar refractivity (Wildman–Crippen MR) is 71.6 cm³/mol. The van der Waals surface area contributed by atoms with E-state index in [1.807, 2.05) is 6.07 Å². The smallest absolute Gasteiger partial charge is 0.127 e. The standard InChI is InChI=1S/C14H23N3/c1-2-12-5-4-9-17(10-7-12)11-13-6-3-8-16-14(13)15/h3,6,8,12H,2,4-5,7,9-11H2,1H3,(H2,15,16). The molecule has 0 bridgehead atoms. The number of pyridine rings is 1. The van der Waals surface area contributed by atoms with Crippen LogP contribution >= 0.6 is 0 Å². The van der Waals surface area contributed by atoms with Gasteiger partial charge in [0, 0.05) is 18.3 Å². The van der Waals surface area contributed by atoms with E-state index in [1.54, 1.807) is 6.20 Å². The van der Waals surface area contributed by atoms with Gasteiger partial charge in [-0.1, -0.05) is 19.4 Å². The molecule has 2 N–H and O–H groups in total. The van der Waals surface area contributed by atoms with Crippen LogP contribution < -0.4 is 5.73 Å². The van der Waals surface area contributed by atoms with Gasteiger partial charge in [0.1, 0.15) is 5.82 Å². The highest BCUT2D eigenvalue weighted by molar-refractivity contribution is 5.38. The van der Waals surface area contributed by atoms with Crippen LogP contribution in [-0.4, -0.2) is 23.0 Å². The summed E-state index contributed by atoms with van der Waals surface area (Å²) in [4.78, 5) is 6.67. The van der Waals surface area contributed by atoms with Crippen LogP contribution in [0.25, 0.3) is 0 Å². The number of nitrogen functional groups attached to an aromatic ring is 1. The highest BCUT2D eigenvalue weighted by Gasteiger charge is 2.16. The molecule has 0 saturated carbocycles. The second kappa shape index (κ2) is 6.01. The van der Waals surface area contributed by atoms with Crippen LogP contribution in [0.5, 0.6) is 0 Å². The van der Waals surface area contributed by atoms with E-state index in [2.05, 4.69) is 22.9 Å². The van der Waals surface area contributed by atoms with E-state index >= 15 is 0 Å². The molecule has 1 fully saturated rings. The Morgan fingerprint density at radius 2 is 2.29 bits per heavy atom. The van der Waals surface area contributed by atoms with Crippen molar-refractivity contribution < 1.29 is 0 Å². The second-order valence-electron chi connectivity index (χ2n) is 5.03. The summed E-state index contributed by atoms with van der Waals surface area (Å²) in [5.41, 5.74) is 7.06. The van der Waals surface area contributed by atoms with Crippen molar-refractivity contribution in [3.63, 3.8) is 0 Å². The van der Waals surface area contributed by atoms with Crippen molar-refractivity contribution >= 4 is 5.82 Å². The van der Waals surface area contributed by atoms with E-state index in [0.29, 0.717) is 5.82 Å². The van der Waals surface area contributed by atoms with Crippen LogP contribution in [0.1, 0.15) is 38.2 Å². The molecule has 0 aliphatic carbocycles. The van der Waals surface area contributed by atoms with Gasteiger partial charge < -0.3 is 5.73 Å². The molecular weight excluding hydrogens is 210 g/mol. The third-order valence-electron chi connectivity index (χ3n) is 3.84. The van der Waals surface area contributed by atoms with Crippen molar-refractivity contribution in [3.05, 3.63) is 23.9 Å². The normalized spacial score (nSPS) is 22.3. The average molecular weight is 233 g/mol. The minimum Gasteiger partial charge on any atom is -0.383 e. The van der Waals surface area contributed by atoms with Crippen LogP contribution in [0.15, 0.2) is 18.3 Å². The summed E-state index contributed by atoms with van der Waals surface area (Å²) < 4.78 is 0. The lowest BCUT2D eigenvalue weighted by Gasteiger charge is -2.20. The Kier molecular flexibility index (Phi) is 4.37. The van der Waals surface area contributed by atoms with Gasteiger partial charge in [0.05, 0.1) is 0 Å². The van der Waals surface area contributed by atoms with Crippen LogP contribution in [0.3, 0.4) is 0 Å². The fourth-order valence-corrected chi connectivity index (χ4v) is 2.62. The largest absolute Gasteiger partial charge is 0.383 e. The van der Waals surface area contributed by atoms with Crippen LogP contribution in [0.4, 0.5) is 5.82 Å². The molecular formula is C14H23N3. The number of nitrogens with two attached hydrogens (primary N) is 1. The number of rotatable bonds is 3. The van der Waals surface area contributed by atoms with E-state index in [9.17, 15) is 0 Å². The molecule has 1 saturated heterocycles. The Morgan fingerprint density at radius 3 is 3.06 bits per heavy atom. The Hall–Kier alpha value is -1.09. The molecule has 1 aliphatic rings. The zero-order valence-corrected chi connectivity index (χ0v) is 10.7. The van der Waals surface area contributed by atoms with E-state index in [4.69, 9.17) is 5.73 Å². The van der Waals surface area contributed by atoms with Gasteiger partial charge in [0.25, 0.3) is 0 Å². The Bertz CT molecular complexity index is 351. The molecule has 3 nitrogen and oxygen atoms in total. The Labute approximate surface area is 104 Å². The fraction of sp³-hybridized carbons (Fsp3) is 0.643. The van der Waals surface area contributed by atoms with Crippen molar-refractivity contribution in [3.8, 4) is 0 Å². The van der Waals surface area contributed by atoms with Crippen molar-refractivity contribution in [1.82, 2.24) is 9.88 Å². The average Bonchev–Trinajstić information content (AvgIpc) is 2.57. The summed E-state index contributed by atoms with van der Waals surface area (Å²) in [7, 11) is 0. The summed E-state index contributed by atoms with van der Waals surface area (Å²) >= 11 is 0. The molecule has 1 aromatic rings. The zero-order chi connectivity index (χ0) is 12.1. The number of hydrogen-bond acceptors (Lipinski definition) is 3. The van der Waals surface area contributed by atoms with Crippen LogP contribution in [0, 0.1) is 5.92 Å². The Balaban J connectivity index is 1.93. The maximum absolute atomic E-state index is 5.89. The molecule has 0 spiro atoms. The van der Waals surface area contributed by atoms with Crippen molar-refractivity contribution in [2.45, 2.75) is 39.2 Å². The van der Waals surface area contributed by atoms with E-state index in [0.717, 1.165) is 12.5 Å². The molecule has 1 aliphatic heterocycles. The van der Waals surface area contributed by atoms with E-state index in [1.165, 1.54) is 44.3 Å². The molecule has 3 heteroatoms. The van der Waals surface area contributed by atoms with Gasteiger partial charge in [0.2, 0.25) is 0 Å². The predicted octanol–water partition coefficient (Wildman–Crippen LogP) is 2.68. The van der Waals surface area contributed by atoms with Gasteiger partial charge in [-0.25, -0.2) is 4.98 Å². The van der Waals surface area contributed by atoms with Crippen molar-refractivity contribution in [2.75, 3.05) is 18.8 Å². The van der Waals surface area contributed by atoms with E-state index in [-0.39, 0.29) is 0 Å². The minimum absolute atomic E-state index is 0.684. The molecule has 94 valence electrons. The molecule has 1 atom stereocenters. The van der Waals surface area contributed by atoms with Gasteiger partial charge in [-0.2, -0.15) is 0 Å². The fourth-order valence-electron chi connectivity index (χ4n) is 2.62. The highest BCUT2D eigenvalue weighted by Crippen LogP contribution is 2.22.